The summed E-state index contributed by atoms with van der Waals surface area (Å²) in [6.07, 6.45) is 8.10. The van der Waals surface area contributed by atoms with Crippen LogP contribution in [-0.2, 0) is 6.42 Å². The maximum Gasteiger partial charge on any atom is 0.180 e. The molecule has 2 aromatic heterocycles. The van der Waals surface area contributed by atoms with Crippen molar-refractivity contribution in [1.82, 2.24) is 19.5 Å². The monoisotopic (exact) mass is 369 g/mol. The quantitative estimate of drug-likeness (QED) is 0.842. The van der Waals surface area contributed by atoms with Gasteiger partial charge in [-0.2, -0.15) is 0 Å². The van der Waals surface area contributed by atoms with Gasteiger partial charge in [-0.3, -0.25) is 0 Å². The number of anilines is 1. The molecule has 2 aromatic rings. The van der Waals surface area contributed by atoms with Crippen LogP contribution in [0.1, 0.15) is 37.9 Å². The number of aryl methyl sites for hydroxylation is 1. The Morgan fingerprint density at radius 2 is 2.21 bits per heavy atom. The summed E-state index contributed by atoms with van der Waals surface area (Å²) in [6.45, 7) is 2.14. The zero-order valence-corrected chi connectivity index (χ0v) is 13.0. The summed E-state index contributed by atoms with van der Waals surface area (Å²) in [4.78, 5) is 13.3. The van der Waals surface area contributed by atoms with Crippen molar-refractivity contribution in [3.8, 4) is 11.5 Å². The molecule has 6 heteroatoms. The molecule has 2 heterocycles. The van der Waals surface area contributed by atoms with Crippen LogP contribution in [0.25, 0.3) is 11.5 Å². The maximum atomic E-state index is 6.01. The molecule has 0 radical (unpaired) electrons. The van der Waals surface area contributed by atoms with Gasteiger partial charge in [0.25, 0.3) is 0 Å². The van der Waals surface area contributed by atoms with E-state index in [0.29, 0.717) is 17.7 Å². The maximum absolute atomic E-state index is 6.01. The minimum atomic E-state index is 0.566. The number of nitrogens with two attached hydrogens (primary N) is 1. The minimum absolute atomic E-state index is 0.566. The molecule has 3 rings (SSSR count). The first-order valence-corrected chi connectivity index (χ1v) is 7.62. The molecule has 0 bridgehead atoms. The van der Waals surface area contributed by atoms with Crippen LogP contribution >= 0.6 is 22.6 Å². The molecule has 0 unspecified atom stereocenters. The number of rotatable bonds is 4. The molecule has 0 aliphatic heterocycles. The van der Waals surface area contributed by atoms with Gasteiger partial charge in [-0.05, 0) is 41.9 Å². The van der Waals surface area contributed by atoms with Crippen molar-refractivity contribution in [1.29, 1.82) is 0 Å². The topological polar surface area (TPSA) is 69.6 Å². The second kappa shape index (κ2) is 5.07. The van der Waals surface area contributed by atoms with Crippen molar-refractivity contribution in [2.24, 2.45) is 0 Å². The van der Waals surface area contributed by atoms with Gasteiger partial charge in [0.2, 0.25) is 0 Å². The smallest absolute Gasteiger partial charge is 0.180 e. The Balaban J connectivity index is 2.06. The molecule has 1 saturated carbocycles. The summed E-state index contributed by atoms with van der Waals surface area (Å²) in [5, 5.41) is 0. The number of halogens is 1. The Morgan fingerprint density at radius 3 is 2.89 bits per heavy atom. The number of aromatic nitrogens is 4. The summed E-state index contributed by atoms with van der Waals surface area (Å²) in [5.41, 5.74) is 8.02. The van der Waals surface area contributed by atoms with Gasteiger partial charge in [-0.25, -0.2) is 15.0 Å². The van der Waals surface area contributed by atoms with Crippen LogP contribution in [0.15, 0.2) is 12.5 Å². The minimum Gasteiger partial charge on any atom is -0.383 e. The third kappa shape index (κ3) is 2.45. The van der Waals surface area contributed by atoms with E-state index in [1.165, 1.54) is 12.8 Å². The Bertz CT molecular complexity index is 603. The molecular formula is C13H16IN5. The molecule has 5 nitrogen and oxygen atoms in total. The molecule has 0 amide bonds. The van der Waals surface area contributed by atoms with Crippen molar-refractivity contribution in [2.45, 2.75) is 38.6 Å². The lowest BCUT2D eigenvalue weighted by atomic mass is 10.2. The van der Waals surface area contributed by atoms with Crippen LogP contribution in [0.4, 0.5) is 5.82 Å². The third-order valence-corrected chi connectivity index (χ3v) is 4.44. The van der Waals surface area contributed by atoms with Crippen LogP contribution in [0.2, 0.25) is 0 Å². The predicted molar refractivity (Wildman–Crippen MR) is 82.6 cm³/mol. The zero-order valence-electron chi connectivity index (χ0n) is 10.8. The van der Waals surface area contributed by atoms with Gasteiger partial charge < -0.3 is 10.3 Å². The van der Waals surface area contributed by atoms with E-state index in [-0.39, 0.29) is 0 Å². The van der Waals surface area contributed by atoms with Crippen LogP contribution in [-0.4, -0.2) is 19.5 Å². The Kier molecular flexibility index (Phi) is 3.42. The predicted octanol–water partition coefficient (Wildman–Crippen LogP) is 2.81. The van der Waals surface area contributed by atoms with E-state index >= 15 is 0 Å². The number of hydrogen-bond acceptors (Lipinski definition) is 4. The van der Waals surface area contributed by atoms with Crippen LogP contribution in [0.3, 0.4) is 0 Å². The molecule has 1 aliphatic rings. The summed E-state index contributed by atoms with van der Waals surface area (Å²) >= 11 is 2.22. The highest BCUT2D eigenvalue weighted by Crippen LogP contribution is 2.37. The normalized spacial score (nSPS) is 14.8. The average molecular weight is 369 g/mol. The fourth-order valence-corrected chi connectivity index (χ4v) is 2.66. The molecule has 0 saturated heterocycles. The van der Waals surface area contributed by atoms with Crippen molar-refractivity contribution >= 4 is 28.4 Å². The molecule has 2 N–H and O–H groups in total. The van der Waals surface area contributed by atoms with Gasteiger partial charge in [-0.15, -0.1) is 0 Å². The van der Waals surface area contributed by atoms with Gasteiger partial charge in [0.15, 0.2) is 5.82 Å². The number of hydrogen-bond donors (Lipinski definition) is 1. The Hall–Kier alpha value is -1.18. The van der Waals surface area contributed by atoms with Crippen LogP contribution in [0.5, 0.6) is 0 Å². The highest BCUT2D eigenvalue weighted by atomic mass is 127. The van der Waals surface area contributed by atoms with E-state index in [9.17, 15) is 0 Å². The Morgan fingerprint density at radius 1 is 1.42 bits per heavy atom. The van der Waals surface area contributed by atoms with Gasteiger partial charge in [0.1, 0.15) is 11.5 Å². The number of nitrogens with zero attached hydrogens (tertiary/aromatic N) is 4. The van der Waals surface area contributed by atoms with Crippen molar-refractivity contribution in [2.75, 3.05) is 5.73 Å². The summed E-state index contributed by atoms with van der Waals surface area (Å²) < 4.78 is 3.14. The van der Waals surface area contributed by atoms with E-state index < -0.39 is 0 Å². The molecule has 1 fully saturated rings. The second-order valence-corrected chi connectivity index (χ2v) is 5.94. The number of nitrogen functional groups attached to an aromatic ring is 1. The zero-order chi connectivity index (χ0) is 13.4. The van der Waals surface area contributed by atoms with Gasteiger partial charge in [0.05, 0.1) is 21.8 Å². The number of imidazole rings is 1. The molecular weight excluding hydrogens is 353 g/mol. The lowest BCUT2D eigenvalue weighted by molar-refractivity contribution is 0.741. The van der Waals surface area contributed by atoms with Crippen molar-refractivity contribution in [3.63, 3.8) is 0 Å². The average Bonchev–Trinajstić information content (AvgIpc) is 3.12. The molecule has 19 heavy (non-hydrogen) atoms. The highest BCUT2D eigenvalue weighted by Gasteiger charge is 2.26. The lowest BCUT2D eigenvalue weighted by Crippen LogP contribution is -2.07. The van der Waals surface area contributed by atoms with E-state index in [1.54, 1.807) is 0 Å². The lowest BCUT2D eigenvalue weighted by Gasteiger charge is -2.10. The van der Waals surface area contributed by atoms with E-state index in [1.807, 2.05) is 12.5 Å². The summed E-state index contributed by atoms with van der Waals surface area (Å²) in [6, 6.07) is 0.566. The summed E-state index contributed by atoms with van der Waals surface area (Å²) in [5.74, 6) is 1.27. The molecule has 0 spiro atoms. The van der Waals surface area contributed by atoms with E-state index in [2.05, 4.69) is 49.0 Å². The third-order valence-electron chi connectivity index (χ3n) is 3.27. The first-order valence-electron chi connectivity index (χ1n) is 6.54. The first-order chi connectivity index (χ1) is 9.20. The van der Waals surface area contributed by atoms with Gasteiger partial charge >= 0.3 is 0 Å². The Labute approximate surface area is 125 Å². The molecule has 0 aromatic carbocycles. The first kappa shape index (κ1) is 12.8. The summed E-state index contributed by atoms with van der Waals surface area (Å²) in [7, 11) is 0. The van der Waals surface area contributed by atoms with E-state index in [0.717, 1.165) is 27.8 Å². The SMILES string of the molecule is CCCc1nc(-c2cncn2C2CC2)nc(N)c1I. The largest absolute Gasteiger partial charge is 0.383 e. The fraction of sp³-hybridized carbons (Fsp3) is 0.462. The fourth-order valence-electron chi connectivity index (χ4n) is 2.15. The second-order valence-electron chi connectivity index (χ2n) is 4.86. The van der Waals surface area contributed by atoms with Crippen molar-refractivity contribution in [3.05, 3.63) is 21.8 Å². The molecule has 0 atom stereocenters. The van der Waals surface area contributed by atoms with Gasteiger partial charge in [0, 0.05) is 6.04 Å². The van der Waals surface area contributed by atoms with Crippen LogP contribution < -0.4 is 5.73 Å². The van der Waals surface area contributed by atoms with Gasteiger partial charge in [-0.1, -0.05) is 13.3 Å². The molecule has 1 aliphatic carbocycles. The molecule has 100 valence electrons. The van der Waals surface area contributed by atoms with Crippen molar-refractivity contribution < 1.29 is 0 Å². The standard InChI is InChI=1S/C13H16IN5/c1-2-3-9-11(14)12(15)18-13(17-9)10-6-16-7-19(10)8-4-5-8/h6-8H,2-5H2,1H3,(H2,15,17,18). The van der Waals surface area contributed by atoms with Crippen LogP contribution in [0, 0.1) is 3.57 Å². The van der Waals surface area contributed by atoms with E-state index in [4.69, 9.17) is 5.73 Å². The highest BCUT2D eigenvalue weighted by molar-refractivity contribution is 14.1.